The number of carbonyl (C=O) groups excluding carboxylic acids is 2. The number of hydrogen-bond acceptors (Lipinski definition) is 7. The summed E-state index contributed by atoms with van der Waals surface area (Å²) in [7, 11) is 1.28. The molecule has 2 rings (SSSR count). The van der Waals surface area contributed by atoms with Gasteiger partial charge in [0.1, 0.15) is 4.88 Å². The standard InChI is InChI=1S/C13H18N2O4S/c1-7-6-19-8(2)5-15(7)13-14-10(12(17)18-4)11(20-13)9(3)16/h7-8H,5-6H2,1-4H3. The van der Waals surface area contributed by atoms with Gasteiger partial charge in [-0.25, -0.2) is 9.78 Å². The number of Topliss-reactive ketones (excluding diaryl/α,β-unsaturated/α-hetero) is 1. The van der Waals surface area contributed by atoms with E-state index in [0.29, 0.717) is 23.2 Å². The molecule has 0 aromatic carbocycles. The number of aromatic nitrogens is 1. The van der Waals surface area contributed by atoms with Gasteiger partial charge in [-0.3, -0.25) is 4.79 Å². The lowest BCUT2D eigenvalue weighted by Gasteiger charge is -2.36. The van der Waals surface area contributed by atoms with Gasteiger partial charge in [0.25, 0.3) is 0 Å². The molecule has 0 aliphatic carbocycles. The van der Waals surface area contributed by atoms with Crippen molar-refractivity contribution in [1.29, 1.82) is 0 Å². The third-order valence-electron chi connectivity index (χ3n) is 3.17. The number of carbonyl (C=O) groups is 2. The molecule has 2 atom stereocenters. The fourth-order valence-corrected chi connectivity index (χ4v) is 3.14. The number of thiazole rings is 1. The third kappa shape index (κ3) is 2.83. The van der Waals surface area contributed by atoms with Crippen LogP contribution in [0.5, 0.6) is 0 Å². The number of hydrogen-bond donors (Lipinski definition) is 0. The molecule has 110 valence electrons. The zero-order chi connectivity index (χ0) is 14.9. The maximum atomic E-state index is 11.7. The quantitative estimate of drug-likeness (QED) is 0.625. The number of methoxy groups -OCH3 is 1. The predicted molar refractivity (Wildman–Crippen MR) is 75.7 cm³/mol. The monoisotopic (exact) mass is 298 g/mol. The molecule has 1 fully saturated rings. The minimum Gasteiger partial charge on any atom is -0.464 e. The van der Waals surface area contributed by atoms with Crippen LogP contribution in [0.15, 0.2) is 0 Å². The van der Waals surface area contributed by atoms with Gasteiger partial charge in [-0.2, -0.15) is 0 Å². The van der Waals surface area contributed by atoms with Crippen molar-refractivity contribution in [2.45, 2.75) is 32.9 Å². The van der Waals surface area contributed by atoms with Gasteiger partial charge in [-0.15, -0.1) is 0 Å². The number of anilines is 1. The summed E-state index contributed by atoms with van der Waals surface area (Å²) in [5.41, 5.74) is 0.103. The maximum Gasteiger partial charge on any atom is 0.358 e. The van der Waals surface area contributed by atoms with E-state index in [1.165, 1.54) is 25.4 Å². The van der Waals surface area contributed by atoms with E-state index in [4.69, 9.17) is 4.74 Å². The van der Waals surface area contributed by atoms with Gasteiger partial charge in [0.2, 0.25) is 0 Å². The highest BCUT2D eigenvalue weighted by Gasteiger charge is 2.29. The molecule has 1 aliphatic rings. The molecule has 1 aromatic rings. The number of nitrogens with zero attached hydrogens (tertiary/aromatic N) is 2. The van der Waals surface area contributed by atoms with Gasteiger partial charge < -0.3 is 14.4 Å². The SMILES string of the molecule is COC(=O)c1nc(N2CC(C)OCC2C)sc1C(C)=O. The van der Waals surface area contributed by atoms with Crippen LogP contribution in [0.1, 0.15) is 40.9 Å². The zero-order valence-electron chi connectivity index (χ0n) is 12.0. The van der Waals surface area contributed by atoms with Crippen LogP contribution in [0.4, 0.5) is 5.13 Å². The summed E-state index contributed by atoms with van der Waals surface area (Å²) in [5, 5.41) is 0.665. The van der Waals surface area contributed by atoms with Crippen molar-refractivity contribution in [2.75, 3.05) is 25.2 Å². The molecule has 20 heavy (non-hydrogen) atoms. The minimum atomic E-state index is -0.577. The topological polar surface area (TPSA) is 68.7 Å². The first-order valence-corrected chi connectivity index (χ1v) is 7.24. The Morgan fingerprint density at radius 3 is 2.75 bits per heavy atom. The van der Waals surface area contributed by atoms with Gasteiger partial charge >= 0.3 is 5.97 Å². The molecule has 1 saturated heterocycles. The van der Waals surface area contributed by atoms with Crippen LogP contribution >= 0.6 is 11.3 Å². The van der Waals surface area contributed by atoms with Crippen LogP contribution in [0, 0.1) is 0 Å². The lowest BCUT2D eigenvalue weighted by Crippen LogP contribution is -2.47. The van der Waals surface area contributed by atoms with Crippen molar-refractivity contribution >= 4 is 28.2 Å². The lowest BCUT2D eigenvalue weighted by molar-refractivity contribution is 0.0343. The van der Waals surface area contributed by atoms with Crippen molar-refractivity contribution in [2.24, 2.45) is 0 Å². The summed E-state index contributed by atoms with van der Waals surface area (Å²) in [6.07, 6.45) is 0.0949. The Morgan fingerprint density at radius 2 is 2.15 bits per heavy atom. The van der Waals surface area contributed by atoms with Crippen LogP contribution in [-0.4, -0.2) is 49.1 Å². The smallest absolute Gasteiger partial charge is 0.358 e. The summed E-state index contributed by atoms with van der Waals surface area (Å²) >= 11 is 1.23. The molecule has 0 amide bonds. The van der Waals surface area contributed by atoms with Crippen LogP contribution in [0.3, 0.4) is 0 Å². The Labute approximate surface area is 121 Å². The highest BCUT2D eigenvalue weighted by Crippen LogP contribution is 2.30. The van der Waals surface area contributed by atoms with Gasteiger partial charge in [0.05, 0.1) is 25.9 Å². The second-order valence-electron chi connectivity index (χ2n) is 4.87. The van der Waals surface area contributed by atoms with Crippen molar-refractivity contribution in [3.8, 4) is 0 Å². The van der Waals surface area contributed by atoms with Crippen molar-refractivity contribution in [3.05, 3.63) is 10.6 Å². The summed E-state index contributed by atoms with van der Waals surface area (Å²) < 4.78 is 10.3. The molecule has 2 heterocycles. The van der Waals surface area contributed by atoms with E-state index in [2.05, 4.69) is 14.6 Å². The van der Waals surface area contributed by atoms with Gasteiger partial charge in [0, 0.05) is 13.5 Å². The molecule has 1 aromatic heterocycles. The van der Waals surface area contributed by atoms with E-state index in [0.717, 1.165) is 0 Å². The van der Waals surface area contributed by atoms with Crippen molar-refractivity contribution < 1.29 is 19.1 Å². The number of rotatable bonds is 3. The Kier molecular flexibility index (Phi) is 4.39. The average Bonchev–Trinajstić information content (AvgIpc) is 2.85. The number of esters is 1. The first-order valence-electron chi connectivity index (χ1n) is 6.42. The Balaban J connectivity index is 2.37. The molecule has 0 bridgehead atoms. The summed E-state index contributed by atoms with van der Waals surface area (Å²) in [4.78, 5) is 30.1. The van der Waals surface area contributed by atoms with Crippen LogP contribution in [-0.2, 0) is 9.47 Å². The lowest BCUT2D eigenvalue weighted by atomic mass is 10.2. The van der Waals surface area contributed by atoms with Crippen LogP contribution in [0.2, 0.25) is 0 Å². The predicted octanol–water partition coefficient (Wildman–Crippen LogP) is 1.75. The summed E-state index contributed by atoms with van der Waals surface area (Å²) in [5.74, 6) is -0.755. The van der Waals surface area contributed by atoms with Crippen LogP contribution < -0.4 is 4.90 Å². The van der Waals surface area contributed by atoms with E-state index >= 15 is 0 Å². The normalized spacial score (nSPS) is 22.7. The second-order valence-corrected chi connectivity index (χ2v) is 5.84. The molecule has 0 saturated carbocycles. The van der Waals surface area contributed by atoms with Gasteiger partial charge in [-0.05, 0) is 13.8 Å². The zero-order valence-corrected chi connectivity index (χ0v) is 12.8. The van der Waals surface area contributed by atoms with Crippen LogP contribution in [0.25, 0.3) is 0 Å². The summed E-state index contributed by atoms with van der Waals surface area (Å²) in [6, 6.07) is 0.155. The van der Waals surface area contributed by atoms with E-state index in [-0.39, 0.29) is 23.6 Å². The number of morpholine rings is 1. The molecule has 6 nitrogen and oxygen atoms in total. The van der Waals surface area contributed by atoms with E-state index in [1.807, 2.05) is 13.8 Å². The summed E-state index contributed by atoms with van der Waals surface area (Å²) in [6.45, 7) is 6.73. The van der Waals surface area contributed by atoms with Crippen molar-refractivity contribution in [1.82, 2.24) is 4.98 Å². The van der Waals surface area contributed by atoms with E-state index in [9.17, 15) is 9.59 Å². The average molecular weight is 298 g/mol. The molecule has 1 aliphatic heterocycles. The number of ether oxygens (including phenoxy) is 2. The van der Waals surface area contributed by atoms with Crippen molar-refractivity contribution in [3.63, 3.8) is 0 Å². The Bertz CT molecular complexity index is 528. The van der Waals surface area contributed by atoms with Gasteiger partial charge in [0.15, 0.2) is 16.6 Å². The second kappa shape index (κ2) is 5.88. The molecule has 2 unspecified atom stereocenters. The first-order chi connectivity index (χ1) is 9.43. The minimum absolute atomic E-state index is 0.0949. The van der Waals surface area contributed by atoms with E-state index < -0.39 is 5.97 Å². The third-order valence-corrected chi connectivity index (χ3v) is 4.36. The molecule has 0 N–H and O–H groups in total. The maximum absolute atomic E-state index is 11.7. The molecule has 7 heteroatoms. The highest BCUT2D eigenvalue weighted by molar-refractivity contribution is 7.17. The Morgan fingerprint density at radius 1 is 1.45 bits per heavy atom. The van der Waals surface area contributed by atoms with Gasteiger partial charge in [-0.1, -0.05) is 11.3 Å². The molecular formula is C13H18N2O4S. The van der Waals surface area contributed by atoms with E-state index in [1.54, 1.807) is 0 Å². The number of ketones is 1. The molecule has 0 radical (unpaired) electrons. The fraction of sp³-hybridized carbons (Fsp3) is 0.615. The fourth-order valence-electron chi connectivity index (χ4n) is 2.08. The molecular weight excluding hydrogens is 280 g/mol. The largest absolute Gasteiger partial charge is 0.464 e. The first kappa shape index (κ1) is 14.9. The highest BCUT2D eigenvalue weighted by atomic mass is 32.1. The Hall–Kier alpha value is -1.47. The molecule has 0 spiro atoms.